The highest BCUT2D eigenvalue weighted by molar-refractivity contribution is 4.74. The van der Waals surface area contributed by atoms with Crippen LogP contribution in [0.2, 0.25) is 0 Å². The van der Waals surface area contributed by atoms with Gasteiger partial charge in [-0.25, -0.2) is 0 Å². The van der Waals surface area contributed by atoms with E-state index in [0.717, 1.165) is 6.42 Å². The number of rotatable bonds is 6. The van der Waals surface area contributed by atoms with Crippen LogP contribution in [-0.4, -0.2) is 35.5 Å². The second-order valence-electron chi connectivity index (χ2n) is 3.49. The van der Waals surface area contributed by atoms with Crippen LogP contribution in [0.5, 0.6) is 0 Å². The molecule has 0 bridgehead atoms. The first-order chi connectivity index (χ1) is 5.65. The number of hydrogen-bond acceptors (Lipinski definition) is 3. The number of hydrogen-bond donors (Lipinski definition) is 3. The van der Waals surface area contributed by atoms with Crippen molar-refractivity contribution >= 4 is 0 Å². The normalized spacial score (nSPS) is 14.2. The van der Waals surface area contributed by atoms with E-state index in [1.165, 1.54) is 0 Å². The summed E-state index contributed by atoms with van der Waals surface area (Å²) in [6.45, 7) is 6.36. The summed E-state index contributed by atoms with van der Waals surface area (Å²) < 4.78 is 0. The van der Waals surface area contributed by atoms with Gasteiger partial charge in [-0.1, -0.05) is 20.8 Å². The van der Waals surface area contributed by atoms with Gasteiger partial charge in [0.05, 0.1) is 19.3 Å². The number of aliphatic hydroxyl groups is 2. The van der Waals surface area contributed by atoms with Crippen molar-refractivity contribution < 1.29 is 10.2 Å². The van der Waals surface area contributed by atoms with Gasteiger partial charge in [0.2, 0.25) is 0 Å². The second-order valence-corrected chi connectivity index (χ2v) is 3.49. The summed E-state index contributed by atoms with van der Waals surface area (Å²) in [6, 6.07) is 0.214. The molecule has 0 saturated carbocycles. The standard InChI is InChI=1S/C9H21NO2/c1-4-9(7(2)3)10-8(5-11)6-12/h7-12H,4-6H2,1-3H3. The minimum atomic E-state index is -0.169. The zero-order valence-electron chi connectivity index (χ0n) is 8.25. The molecule has 0 aromatic rings. The van der Waals surface area contributed by atoms with E-state index in [1.54, 1.807) is 0 Å². The fraction of sp³-hybridized carbons (Fsp3) is 1.00. The predicted molar refractivity (Wildman–Crippen MR) is 50.0 cm³/mol. The van der Waals surface area contributed by atoms with Crippen molar-refractivity contribution in [2.24, 2.45) is 5.92 Å². The third-order valence-electron chi connectivity index (χ3n) is 2.14. The smallest absolute Gasteiger partial charge is 0.0607 e. The van der Waals surface area contributed by atoms with Crippen molar-refractivity contribution in [1.29, 1.82) is 0 Å². The molecule has 12 heavy (non-hydrogen) atoms. The zero-order valence-corrected chi connectivity index (χ0v) is 8.25. The summed E-state index contributed by atoms with van der Waals surface area (Å²) in [5, 5.41) is 20.9. The summed E-state index contributed by atoms with van der Waals surface area (Å²) in [7, 11) is 0. The number of nitrogens with one attached hydrogen (secondary N) is 1. The molecular formula is C9H21NO2. The van der Waals surface area contributed by atoms with Crippen LogP contribution in [0.3, 0.4) is 0 Å². The molecule has 3 heteroatoms. The van der Waals surface area contributed by atoms with Crippen LogP contribution in [0.1, 0.15) is 27.2 Å². The molecule has 3 nitrogen and oxygen atoms in total. The van der Waals surface area contributed by atoms with Crippen molar-refractivity contribution in [3.63, 3.8) is 0 Å². The quantitative estimate of drug-likeness (QED) is 0.546. The van der Waals surface area contributed by atoms with Gasteiger partial charge in [0.25, 0.3) is 0 Å². The van der Waals surface area contributed by atoms with Crippen molar-refractivity contribution in [3.8, 4) is 0 Å². The Morgan fingerprint density at radius 1 is 1.17 bits per heavy atom. The molecule has 3 N–H and O–H groups in total. The van der Waals surface area contributed by atoms with E-state index in [-0.39, 0.29) is 19.3 Å². The molecular weight excluding hydrogens is 154 g/mol. The molecule has 0 spiro atoms. The first-order valence-corrected chi connectivity index (χ1v) is 4.63. The van der Waals surface area contributed by atoms with Crippen LogP contribution in [0.15, 0.2) is 0 Å². The Morgan fingerprint density at radius 3 is 1.92 bits per heavy atom. The molecule has 0 amide bonds. The largest absolute Gasteiger partial charge is 0.395 e. The Balaban J connectivity index is 3.82. The van der Waals surface area contributed by atoms with Crippen molar-refractivity contribution in [2.45, 2.75) is 39.3 Å². The van der Waals surface area contributed by atoms with Gasteiger partial charge in [-0.3, -0.25) is 0 Å². The van der Waals surface area contributed by atoms with E-state index in [9.17, 15) is 0 Å². The van der Waals surface area contributed by atoms with Gasteiger partial charge in [-0.05, 0) is 12.3 Å². The molecule has 1 unspecified atom stereocenters. The lowest BCUT2D eigenvalue weighted by Crippen LogP contribution is -2.44. The van der Waals surface area contributed by atoms with Gasteiger partial charge < -0.3 is 15.5 Å². The minimum Gasteiger partial charge on any atom is -0.395 e. The average Bonchev–Trinajstić information content (AvgIpc) is 2.06. The molecule has 0 aliphatic heterocycles. The van der Waals surface area contributed by atoms with E-state index >= 15 is 0 Å². The summed E-state index contributed by atoms with van der Waals surface area (Å²) in [5.41, 5.74) is 0. The maximum atomic E-state index is 8.83. The lowest BCUT2D eigenvalue weighted by Gasteiger charge is -2.25. The topological polar surface area (TPSA) is 52.5 Å². The highest BCUT2D eigenvalue weighted by atomic mass is 16.3. The second kappa shape index (κ2) is 6.40. The summed E-state index contributed by atoms with van der Waals surface area (Å²) in [5.74, 6) is 0.538. The molecule has 0 fully saturated rings. The van der Waals surface area contributed by atoms with Crippen LogP contribution >= 0.6 is 0 Å². The molecule has 0 rings (SSSR count). The predicted octanol–water partition coefficient (Wildman–Crippen LogP) is 0.364. The van der Waals surface area contributed by atoms with Gasteiger partial charge >= 0.3 is 0 Å². The fourth-order valence-corrected chi connectivity index (χ4v) is 1.25. The lowest BCUT2D eigenvalue weighted by atomic mass is 10.0. The Bertz CT molecular complexity index is 103. The van der Waals surface area contributed by atoms with E-state index in [0.29, 0.717) is 12.0 Å². The van der Waals surface area contributed by atoms with Crippen molar-refractivity contribution in [2.75, 3.05) is 13.2 Å². The van der Waals surface area contributed by atoms with Crippen LogP contribution in [0.25, 0.3) is 0 Å². The molecule has 0 saturated heterocycles. The molecule has 0 aromatic carbocycles. The van der Waals surface area contributed by atoms with Gasteiger partial charge in [0.15, 0.2) is 0 Å². The van der Waals surface area contributed by atoms with Crippen molar-refractivity contribution in [3.05, 3.63) is 0 Å². The minimum absolute atomic E-state index is 0.000278. The molecule has 0 aromatic heterocycles. The molecule has 0 aliphatic rings. The Morgan fingerprint density at radius 2 is 1.67 bits per heavy atom. The average molecular weight is 175 g/mol. The molecule has 74 valence electrons. The third kappa shape index (κ3) is 4.04. The first kappa shape index (κ1) is 11.9. The highest BCUT2D eigenvalue weighted by Gasteiger charge is 2.14. The van der Waals surface area contributed by atoms with Crippen LogP contribution in [0.4, 0.5) is 0 Å². The third-order valence-corrected chi connectivity index (χ3v) is 2.14. The summed E-state index contributed by atoms with van der Waals surface area (Å²) in [6.07, 6.45) is 1.02. The monoisotopic (exact) mass is 175 g/mol. The van der Waals surface area contributed by atoms with E-state index in [2.05, 4.69) is 26.1 Å². The highest BCUT2D eigenvalue weighted by Crippen LogP contribution is 2.05. The Labute approximate surface area is 74.8 Å². The molecule has 0 aliphatic carbocycles. The maximum absolute atomic E-state index is 8.83. The van der Waals surface area contributed by atoms with E-state index < -0.39 is 0 Å². The van der Waals surface area contributed by atoms with E-state index in [1.807, 2.05) is 0 Å². The molecule has 0 radical (unpaired) electrons. The van der Waals surface area contributed by atoms with Crippen LogP contribution in [-0.2, 0) is 0 Å². The SMILES string of the molecule is CCC(NC(CO)CO)C(C)C. The van der Waals surface area contributed by atoms with Crippen LogP contribution < -0.4 is 5.32 Å². The van der Waals surface area contributed by atoms with Gasteiger partial charge in [0.1, 0.15) is 0 Å². The van der Waals surface area contributed by atoms with Crippen molar-refractivity contribution in [1.82, 2.24) is 5.32 Å². The van der Waals surface area contributed by atoms with Gasteiger partial charge in [0, 0.05) is 6.04 Å². The van der Waals surface area contributed by atoms with Gasteiger partial charge in [-0.2, -0.15) is 0 Å². The molecule has 1 atom stereocenters. The number of aliphatic hydroxyl groups excluding tert-OH is 2. The Kier molecular flexibility index (Phi) is 6.34. The maximum Gasteiger partial charge on any atom is 0.0607 e. The van der Waals surface area contributed by atoms with E-state index in [4.69, 9.17) is 10.2 Å². The molecule has 0 heterocycles. The fourth-order valence-electron chi connectivity index (χ4n) is 1.25. The lowest BCUT2D eigenvalue weighted by molar-refractivity contribution is 0.153. The van der Waals surface area contributed by atoms with Crippen LogP contribution in [0, 0.1) is 5.92 Å². The zero-order chi connectivity index (χ0) is 9.56. The first-order valence-electron chi connectivity index (χ1n) is 4.63. The van der Waals surface area contributed by atoms with Gasteiger partial charge in [-0.15, -0.1) is 0 Å². The Hall–Kier alpha value is -0.120. The summed E-state index contributed by atoms with van der Waals surface area (Å²) in [4.78, 5) is 0. The summed E-state index contributed by atoms with van der Waals surface area (Å²) >= 11 is 0.